The molecule has 1 amide bonds. The Hall–Kier alpha value is -1.43. The topological polar surface area (TPSA) is 90.3 Å². The summed E-state index contributed by atoms with van der Waals surface area (Å²) in [7, 11) is -3.23. The number of rotatable bonds is 3. The standard InChI is InChI=1S/C12H15N3O3S2/c1-20(17,18)15-5-2-3-10(8-15)14-12(16)11-9(7-13)4-6-19-11/h4,6,10H,2-3,5,8H2,1H3,(H,14,16). The molecule has 1 aromatic rings. The lowest BCUT2D eigenvalue weighted by Crippen LogP contribution is -2.49. The summed E-state index contributed by atoms with van der Waals surface area (Å²) < 4.78 is 24.4. The number of nitriles is 1. The zero-order chi connectivity index (χ0) is 14.8. The van der Waals surface area contributed by atoms with E-state index in [1.165, 1.54) is 21.9 Å². The number of carbonyl (C=O) groups excluding carboxylic acids is 1. The Morgan fingerprint density at radius 2 is 2.35 bits per heavy atom. The fourth-order valence-electron chi connectivity index (χ4n) is 2.19. The lowest BCUT2D eigenvalue weighted by atomic mass is 10.1. The van der Waals surface area contributed by atoms with E-state index in [0.29, 0.717) is 23.4 Å². The van der Waals surface area contributed by atoms with Gasteiger partial charge in [-0.1, -0.05) is 0 Å². The summed E-state index contributed by atoms with van der Waals surface area (Å²) in [6.45, 7) is 0.783. The average molecular weight is 313 g/mol. The minimum Gasteiger partial charge on any atom is -0.347 e. The van der Waals surface area contributed by atoms with Crippen LogP contribution in [-0.2, 0) is 10.0 Å². The molecule has 0 radical (unpaired) electrons. The highest BCUT2D eigenvalue weighted by Gasteiger charge is 2.27. The maximum Gasteiger partial charge on any atom is 0.262 e. The lowest BCUT2D eigenvalue weighted by molar-refractivity contribution is 0.0925. The van der Waals surface area contributed by atoms with Crippen LogP contribution in [0.1, 0.15) is 28.1 Å². The van der Waals surface area contributed by atoms with Crippen LogP contribution in [0.3, 0.4) is 0 Å². The van der Waals surface area contributed by atoms with Crippen LogP contribution >= 0.6 is 11.3 Å². The van der Waals surface area contributed by atoms with Crippen molar-refractivity contribution in [3.05, 3.63) is 21.9 Å². The third-order valence-electron chi connectivity index (χ3n) is 3.18. The highest BCUT2D eigenvalue weighted by molar-refractivity contribution is 7.88. The predicted molar refractivity (Wildman–Crippen MR) is 75.9 cm³/mol. The molecule has 1 aliphatic heterocycles. The van der Waals surface area contributed by atoms with Gasteiger partial charge in [-0.2, -0.15) is 5.26 Å². The van der Waals surface area contributed by atoms with E-state index >= 15 is 0 Å². The molecule has 2 rings (SSSR count). The van der Waals surface area contributed by atoms with E-state index in [4.69, 9.17) is 5.26 Å². The molecule has 0 aliphatic carbocycles. The third kappa shape index (κ3) is 3.36. The molecular formula is C12H15N3O3S2. The van der Waals surface area contributed by atoms with Gasteiger partial charge in [-0.15, -0.1) is 11.3 Å². The molecule has 1 fully saturated rings. The van der Waals surface area contributed by atoms with Crippen LogP contribution in [0.2, 0.25) is 0 Å². The molecule has 0 spiro atoms. The summed E-state index contributed by atoms with van der Waals surface area (Å²) in [5, 5.41) is 13.4. The summed E-state index contributed by atoms with van der Waals surface area (Å²) in [6, 6.07) is 3.36. The van der Waals surface area contributed by atoms with Crippen LogP contribution in [0.4, 0.5) is 0 Å². The van der Waals surface area contributed by atoms with Crippen LogP contribution in [0.25, 0.3) is 0 Å². The molecule has 20 heavy (non-hydrogen) atoms. The summed E-state index contributed by atoms with van der Waals surface area (Å²) in [4.78, 5) is 12.5. The first kappa shape index (κ1) is 15.0. The van der Waals surface area contributed by atoms with Crippen molar-refractivity contribution >= 4 is 27.3 Å². The van der Waals surface area contributed by atoms with E-state index in [1.54, 1.807) is 11.4 Å². The molecule has 1 aromatic heterocycles. The predicted octanol–water partition coefficient (Wildman–Crippen LogP) is 0.774. The smallest absolute Gasteiger partial charge is 0.262 e. The maximum absolute atomic E-state index is 12.1. The number of amides is 1. The molecule has 2 heterocycles. The van der Waals surface area contributed by atoms with Gasteiger partial charge in [-0.25, -0.2) is 12.7 Å². The Bertz CT molecular complexity index is 645. The number of hydrogen-bond donors (Lipinski definition) is 1. The molecule has 1 N–H and O–H groups in total. The van der Waals surface area contributed by atoms with E-state index in [9.17, 15) is 13.2 Å². The number of piperidine rings is 1. The summed E-state index contributed by atoms with van der Waals surface area (Å²) in [5.74, 6) is -0.308. The summed E-state index contributed by atoms with van der Waals surface area (Å²) >= 11 is 1.21. The molecule has 1 aliphatic rings. The lowest BCUT2D eigenvalue weighted by Gasteiger charge is -2.31. The third-order valence-corrected chi connectivity index (χ3v) is 5.36. The van der Waals surface area contributed by atoms with Crippen LogP contribution in [0.5, 0.6) is 0 Å². The SMILES string of the molecule is CS(=O)(=O)N1CCCC(NC(=O)c2sccc2C#N)C1. The Morgan fingerprint density at radius 3 is 3.00 bits per heavy atom. The quantitative estimate of drug-likeness (QED) is 0.892. The summed E-state index contributed by atoms with van der Waals surface area (Å²) in [5.41, 5.74) is 0.350. The van der Waals surface area contributed by atoms with E-state index in [0.717, 1.165) is 6.42 Å². The van der Waals surface area contributed by atoms with Gasteiger partial charge in [0.1, 0.15) is 10.9 Å². The van der Waals surface area contributed by atoms with Crippen molar-refractivity contribution in [1.82, 2.24) is 9.62 Å². The molecule has 8 heteroatoms. The fraction of sp³-hybridized carbons (Fsp3) is 0.500. The van der Waals surface area contributed by atoms with Gasteiger partial charge in [0, 0.05) is 19.1 Å². The first-order valence-corrected chi connectivity index (χ1v) is 8.88. The zero-order valence-electron chi connectivity index (χ0n) is 11.0. The second-order valence-corrected chi connectivity index (χ2v) is 7.61. The number of hydrogen-bond acceptors (Lipinski definition) is 5. The van der Waals surface area contributed by atoms with Crippen molar-refractivity contribution in [2.24, 2.45) is 0 Å². The molecule has 0 aromatic carbocycles. The molecule has 0 bridgehead atoms. The van der Waals surface area contributed by atoms with Crippen molar-refractivity contribution in [1.29, 1.82) is 5.26 Å². The Balaban J connectivity index is 2.04. The minimum atomic E-state index is -3.23. The molecule has 1 atom stereocenters. The van der Waals surface area contributed by atoms with Crippen LogP contribution in [0.15, 0.2) is 11.4 Å². The van der Waals surface area contributed by atoms with E-state index in [2.05, 4.69) is 5.32 Å². The van der Waals surface area contributed by atoms with Gasteiger partial charge in [-0.05, 0) is 24.3 Å². The molecule has 6 nitrogen and oxygen atoms in total. The maximum atomic E-state index is 12.1. The molecule has 108 valence electrons. The molecule has 0 saturated carbocycles. The fourth-order valence-corrected chi connectivity index (χ4v) is 3.84. The van der Waals surface area contributed by atoms with E-state index in [-0.39, 0.29) is 18.5 Å². The van der Waals surface area contributed by atoms with E-state index in [1.807, 2.05) is 6.07 Å². The number of sulfonamides is 1. The van der Waals surface area contributed by atoms with Gasteiger partial charge in [0.15, 0.2) is 0 Å². The molecule has 1 unspecified atom stereocenters. The first-order chi connectivity index (χ1) is 9.41. The van der Waals surface area contributed by atoms with Gasteiger partial charge in [-0.3, -0.25) is 4.79 Å². The summed E-state index contributed by atoms with van der Waals surface area (Å²) in [6.07, 6.45) is 2.63. The second-order valence-electron chi connectivity index (χ2n) is 4.71. The number of nitrogens with one attached hydrogen (secondary N) is 1. The van der Waals surface area contributed by atoms with Crippen molar-refractivity contribution < 1.29 is 13.2 Å². The second kappa shape index (κ2) is 5.91. The monoisotopic (exact) mass is 313 g/mol. The van der Waals surface area contributed by atoms with Crippen molar-refractivity contribution in [2.45, 2.75) is 18.9 Å². The average Bonchev–Trinajstić information content (AvgIpc) is 2.86. The number of nitrogens with zero attached hydrogens (tertiary/aromatic N) is 2. The largest absolute Gasteiger partial charge is 0.347 e. The first-order valence-electron chi connectivity index (χ1n) is 6.15. The number of carbonyl (C=O) groups is 1. The Labute approximate surface area is 122 Å². The molecule has 1 saturated heterocycles. The van der Waals surface area contributed by atoms with Gasteiger partial charge >= 0.3 is 0 Å². The van der Waals surface area contributed by atoms with Crippen molar-refractivity contribution in [3.8, 4) is 6.07 Å². The zero-order valence-corrected chi connectivity index (χ0v) is 12.6. The van der Waals surface area contributed by atoms with E-state index < -0.39 is 10.0 Å². The van der Waals surface area contributed by atoms with Crippen LogP contribution in [-0.4, -0.2) is 44.0 Å². The Morgan fingerprint density at radius 1 is 1.60 bits per heavy atom. The van der Waals surface area contributed by atoms with Gasteiger partial charge in [0.05, 0.1) is 11.8 Å². The van der Waals surface area contributed by atoms with Gasteiger partial charge in [0.2, 0.25) is 10.0 Å². The Kier molecular flexibility index (Phi) is 4.42. The molecular weight excluding hydrogens is 298 g/mol. The normalized spacial score (nSPS) is 20.3. The van der Waals surface area contributed by atoms with Crippen molar-refractivity contribution in [3.63, 3.8) is 0 Å². The van der Waals surface area contributed by atoms with Crippen molar-refractivity contribution in [2.75, 3.05) is 19.3 Å². The van der Waals surface area contributed by atoms with Gasteiger partial charge < -0.3 is 5.32 Å². The highest BCUT2D eigenvalue weighted by Crippen LogP contribution is 2.18. The number of thiophene rings is 1. The highest BCUT2D eigenvalue weighted by atomic mass is 32.2. The van der Waals surface area contributed by atoms with Gasteiger partial charge in [0.25, 0.3) is 5.91 Å². The van der Waals surface area contributed by atoms with Crippen LogP contribution in [0, 0.1) is 11.3 Å². The minimum absolute atomic E-state index is 0.209. The van der Waals surface area contributed by atoms with Crippen LogP contribution < -0.4 is 5.32 Å².